The molecule has 1 amide bonds. The van der Waals surface area contributed by atoms with Gasteiger partial charge in [0, 0.05) is 18.7 Å². The van der Waals surface area contributed by atoms with Crippen LogP contribution in [0.2, 0.25) is 0 Å². The molecule has 7 heteroatoms. The number of benzene rings is 1. The number of rotatable bonds is 4. The Morgan fingerprint density at radius 2 is 2.06 bits per heavy atom. The minimum atomic E-state index is -4.37. The number of carbonyl (C=O) groups is 1. The summed E-state index contributed by atoms with van der Waals surface area (Å²) in [5.74, 6) is 4.47. The lowest BCUT2D eigenvalue weighted by Crippen LogP contribution is -2.31. The van der Waals surface area contributed by atoms with E-state index < -0.39 is 11.7 Å². The SMILES string of the molecule is NNC(=O)CCNc1cccc(C(F)(F)F)c1. The Kier molecular flexibility index (Phi) is 4.33. The zero-order chi connectivity index (χ0) is 12.9. The predicted molar refractivity (Wildman–Crippen MR) is 56.9 cm³/mol. The monoisotopic (exact) mass is 247 g/mol. The molecule has 17 heavy (non-hydrogen) atoms. The zero-order valence-electron chi connectivity index (χ0n) is 8.84. The van der Waals surface area contributed by atoms with Crippen LogP contribution in [0.3, 0.4) is 0 Å². The van der Waals surface area contributed by atoms with E-state index in [4.69, 9.17) is 5.84 Å². The maximum absolute atomic E-state index is 12.4. The maximum atomic E-state index is 12.4. The standard InChI is InChI=1S/C10H12F3N3O/c11-10(12,13)7-2-1-3-8(6-7)15-5-4-9(17)16-14/h1-3,6,15H,4-5,14H2,(H,16,17). The Morgan fingerprint density at radius 3 is 2.65 bits per heavy atom. The molecule has 1 rings (SSSR count). The van der Waals surface area contributed by atoms with E-state index >= 15 is 0 Å². The van der Waals surface area contributed by atoms with Gasteiger partial charge in [0.2, 0.25) is 5.91 Å². The van der Waals surface area contributed by atoms with E-state index in [0.29, 0.717) is 5.69 Å². The van der Waals surface area contributed by atoms with Gasteiger partial charge in [-0.1, -0.05) is 6.07 Å². The highest BCUT2D eigenvalue weighted by atomic mass is 19.4. The highest BCUT2D eigenvalue weighted by Gasteiger charge is 2.30. The van der Waals surface area contributed by atoms with Crippen molar-refractivity contribution in [1.29, 1.82) is 0 Å². The number of amides is 1. The van der Waals surface area contributed by atoms with Crippen molar-refractivity contribution in [3.63, 3.8) is 0 Å². The minimum absolute atomic E-state index is 0.0900. The summed E-state index contributed by atoms with van der Waals surface area (Å²) < 4.78 is 37.1. The van der Waals surface area contributed by atoms with Crippen molar-refractivity contribution in [2.45, 2.75) is 12.6 Å². The summed E-state index contributed by atoms with van der Waals surface area (Å²) >= 11 is 0. The van der Waals surface area contributed by atoms with Gasteiger partial charge >= 0.3 is 6.18 Å². The van der Waals surface area contributed by atoms with Gasteiger partial charge in [-0.05, 0) is 18.2 Å². The molecule has 94 valence electrons. The first-order chi connectivity index (χ1) is 7.93. The Bertz CT molecular complexity index is 393. The molecule has 0 aliphatic heterocycles. The third-order valence-electron chi connectivity index (χ3n) is 2.03. The molecule has 0 saturated carbocycles. The van der Waals surface area contributed by atoms with Crippen LogP contribution in [0, 0.1) is 0 Å². The van der Waals surface area contributed by atoms with Gasteiger partial charge in [0.05, 0.1) is 5.56 Å². The summed E-state index contributed by atoms with van der Waals surface area (Å²) in [5, 5.41) is 2.71. The number of carbonyl (C=O) groups excluding carboxylic acids is 1. The molecule has 0 atom stereocenters. The minimum Gasteiger partial charge on any atom is -0.385 e. The van der Waals surface area contributed by atoms with E-state index in [1.165, 1.54) is 12.1 Å². The molecule has 0 saturated heterocycles. The molecule has 0 aliphatic carbocycles. The van der Waals surface area contributed by atoms with E-state index in [1.807, 2.05) is 5.43 Å². The van der Waals surface area contributed by atoms with Crippen molar-refractivity contribution in [1.82, 2.24) is 5.43 Å². The topological polar surface area (TPSA) is 67.1 Å². The number of alkyl halides is 3. The summed E-state index contributed by atoms with van der Waals surface area (Å²) in [6.45, 7) is 0.213. The Morgan fingerprint density at radius 1 is 1.35 bits per heavy atom. The van der Waals surface area contributed by atoms with Gasteiger partial charge in [0.15, 0.2) is 0 Å². The fourth-order valence-electron chi connectivity index (χ4n) is 1.20. The van der Waals surface area contributed by atoms with Crippen LogP contribution in [-0.2, 0) is 11.0 Å². The molecule has 0 heterocycles. The molecule has 0 bridgehead atoms. The predicted octanol–water partition coefficient (Wildman–Crippen LogP) is 1.50. The van der Waals surface area contributed by atoms with Crippen molar-refractivity contribution in [3.8, 4) is 0 Å². The Balaban J connectivity index is 2.58. The number of nitrogens with two attached hydrogens (primary N) is 1. The van der Waals surface area contributed by atoms with Crippen LogP contribution in [-0.4, -0.2) is 12.5 Å². The van der Waals surface area contributed by atoms with E-state index in [0.717, 1.165) is 12.1 Å². The molecule has 0 aromatic heterocycles. The van der Waals surface area contributed by atoms with E-state index in [2.05, 4.69) is 5.32 Å². The normalized spacial score (nSPS) is 11.1. The first-order valence-electron chi connectivity index (χ1n) is 4.84. The van der Waals surface area contributed by atoms with Gasteiger partial charge in [0.1, 0.15) is 0 Å². The molecule has 1 aromatic rings. The highest BCUT2D eigenvalue weighted by Crippen LogP contribution is 2.30. The van der Waals surface area contributed by atoms with Crippen molar-refractivity contribution < 1.29 is 18.0 Å². The number of hydrogen-bond acceptors (Lipinski definition) is 3. The summed E-state index contributed by atoms with van der Waals surface area (Å²) in [5.41, 5.74) is 1.51. The van der Waals surface area contributed by atoms with Gasteiger partial charge in [-0.2, -0.15) is 13.2 Å². The smallest absolute Gasteiger partial charge is 0.385 e. The first kappa shape index (κ1) is 13.3. The number of anilines is 1. The second-order valence-electron chi connectivity index (χ2n) is 3.32. The average Bonchev–Trinajstić information content (AvgIpc) is 2.28. The van der Waals surface area contributed by atoms with Gasteiger partial charge < -0.3 is 5.32 Å². The molecule has 0 aliphatic rings. The maximum Gasteiger partial charge on any atom is 0.416 e. The van der Waals surface area contributed by atoms with Crippen molar-refractivity contribution in [3.05, 3.63) is 29.8 Å². The molecule has 0 unspecified atom stereocenters. The Hall–Kier alpha value is -1.76. The molecule has 1 aromatic carbocycles. The van der Waals surface area contributed by atoms with Crippen LogP contribution in [0.15, 0.2) is 24.3 Å². The average molecular weight is 247 g/mol. The lowest BCUT2D eigenvalue weighted by atomic mass is 10.2. The lowest BCUT2D eigenvalue weighted by molar-refractivity contribution is -0.137. The van der Waals surface area contributed by atoms with Crippen LogP contribution in [0.5, 0.6) is 0 Å². The molecule has 0 fully saturated rings. The van der Waals surface area contributed by atoms with Crippen molar-refractivity contribution in [2.24, 2.45) is 5.84 Å². The second kappa shape index (κ2) is 5.53. The highest BCUT2D eigenvalue weighted by molar-refractivity contribution is 5.75. The van der Waals surface area contributed by atoms with E-state index in [-0.39, 0.29) is 18.9 Å². The third kappa shape index (κ3) is 4.31. The van der Waals surface area contributed by atoms with Crippen molar-refractivity contribution >= 4 is 11.6 Å². The largest absolute Gasteiger partial charge is 0.416 e. The van der Waals surface area contributed by atoms with Crippen LogP contribution < -0.4 is 16.6 Å². The van der Waals surface area contributed by atoms with Gasteiger partial charge in [-0.25, -0.2) is 5.84 Å². The molecule has 0 spiro atoms. The summed E-state index contributed by atoms with van der Waals surface area (Å²) in [6, 6.07) is 4.77. The number of nitrogens with one attached hydrogen (secondary N) is 2. The quantitative estimate of drug-likeness (QED) is 0.429. The summed E-state index contributed by atoms with van der Waals surface area (Å²) in [4.78, 5) is 10.8. The molecule has 0 radical (unpaired) electrons. The number of hydrazine groups is 1. The van der Waals surface area contributed by atoms with Crippen LogP contribution in [0.1, 0.15) is 12.0 Å². The molecular formula is C10H12F3N3O. The molecular weight excluding hydrogens is 235 g/mol. The van der Waals surface area contributed by atoms with Gasteiger partial charge in [-0.3, -0.25) is 10.2 Å². The third-order valence-corrected chi connectivity index (χ3v) is 2.03. The fourth-order valence-corrected chi connectivity index (χ4v) is 1.20. The van der Waals surface area contributed by atoms with Crippen LogP contribution in [0.4, 0.5) is 18.9 Å². The first-order valence-corrected chi connectivity index (χ1v) is 4.84. The Labute approximate surface area is 96.0 Å². The van der Waals surface area contributed by atoms with Crippen LogP contribution >= 0.6 is 0 Å². The summed E-state index contributed by atoms with van der Waals surface area (Å²) in [6.07, 6.45) is -4.28. The number of halogens is 3. The van der Waals surface area contributed by atoms with Gasteiger partial charge in [-0.15, -0.1) is 0 Å². The number of hydrogen-bond donors (Lipinski definition) is 3. The van der Waals surface area contributed by atoms with Crippen molar-refractivity contribution in [2.75, 3.05) is 11.9 Å². The summed E-state index contributed by atoms with van der Waals surface area (Å²) in [7, 11) is 0. The lowest BCUT2D eigenvalue weighted by Gasteiger charge is -2.10. The second-order valence-corrected chi connectivity index (χ2v) is 3.32. The molecule has 4 nitrogen and oxygen atoms in total. The van der Waals surface area contributed by atoms with Gasteiger partial charge in [0.25, 0.3) is 0 Å². The fraction of sp³-hybridized carbons (Fsp3) is 0.300. The van der Waals surface area contributed by atoms with E-state index in [9.17, 15) is 18.0 Å². The van der Waals surface area contributed by atoms with Crippen LogP contribution in [0.25, 0.3) is 0 Å². The van der Waals surface area contributed by atoms with E-state index in [1.54, 1.807) is 0 Å². The molecule has 4 N–H and O–H groups in total. The zero-order valence-corrected chi connectivity index (χ0v) is 8.84.